The van der Waals surface area contributed by atoms with Gasteiger partial charge in [0.1, 0.15) is 0 Å². The smallest absolute Gasteiger partial charge is 0.343 e. The Balaban J connectivity index is 1.62. The van der Waals surface area contributed by atoms with Gasteiger partial charge < -0.3 is 9.47 Å². The Morgan fingerprint density at radius 1 is 1.00 bits per heavy atom. The largest absolute Gasteiger partial charge is 0.493 e. The molecule has 3 aromatic carbocycles. The molecule has 1 N–H and O–H groups in total. The maximum atomic E-state index is 12.3. The third-order valence-corrected chi connectivity index (χ3v) is 4.61. The van der Waals surface area contributed by atoms with Crippen molar-refractivity contribution in [1.82, 2.24) is 5.43 Å². The number of hydrogen-bond acceptors (Lipinski definition) is 5. The maximum Gasteiger partial charge on any atom is 0.343 e. The molecular formula is C23H19BrN2O4. The summed E-state index contributed by atoms with van der Waals surface area (Å²) in [6.45, 7) is 0. The van der Waals surface area contributed by atoms with Crippen LogP contribution in [-0.4, -0.2) is 25.2 Å². The number of halogens is 1. The summed E-state index contributed by atoms with van der Waals surface area (Å²) in [5, 5.41) is 3.97. The Morgan fingerprint density at radius 2 is 1.73 bits per heavy atom. The molecule has 30 heavy (non-hydrogen) atoms. The van der Waals surface area contributed by atoms with E-state index in [1.807, 2.05) is 30.3 Å². The van der Waals surface area contributed by atoms with E-state index in [0.29, 0.717) is 16.9 Å². The topological polar surface area (TPSA) is 77.0 Å². The molecule has 3 rings (SSSR count). The lowest BCUT2D eigenvalue weighted by molar-refractivity contribution is -0.120. The summed E-state index contributed by atoms with van der Waals surface area (Å²) in [7, 11) is 1.48. The van der Waals surface area contributed by atoms with E-state index < -0.39 is 5.97 Å². The van der Waals surface area contributed by atoms with E-state index in [9.17, 15) is 9.59 Å². The number of carbonyl (C=O) groups excluding carboxylic acids is 2. The molecule has 0 aliphatic carbocycles. The highest BCUT2D eigenvalue weighted by Gasteiger charge is 2.13. The zero-order valence-corrected chi connectivity index (χ0v) is 17.8. The van der Waals surface area contributed by atoms with Gasteiger partial charge >= 0.3 is 5.97 Å². The lowest BCUT2D eigenvalue weighted by Gasteiger charge is -2.10. The van der Waals surface area contributed by atoms with E-state index in [0.717, 1.165) is 10.0 Å². The van der Waals surface area contributed by atoms with Gasteiger partial charge in [-0.3, -0.25) is 4.79 Å². The lowest BCUT2D eigenvalue weighted by Crippen LogP contribution is -2.19. The fraction of sp³-hybridized carbons (Fsp3) is 0.0870. The summed E-state index contributed by atoms with van der Waals surface area (Å²) < 4.78 is 11.6. The van der Waals surface area contributed by atoms with Crippen LogP contribution in [0, 0.1) is 0 Å². The van der Waals surface area contributed by atoms with Crippen LogP contribution in [-0.2, 0) is 11.2 Å². The summed E-state index contributed by atoms with van der Waals surface area (Å²) in [5.41, 5.74) is 4.50. The molecule has 0 bridgehead atoms. The van der Waals surface area contributed by atoms with Gasteiger partial charge in [-0.1, -0.05) is 46.3 Å². The molecular weight excluding hydrogens is 448 g/mol. The van der Waals surface area contributed by atoms with E-state index in [4.69, 9.17) is 9.47 Å². The molecule has 0 radical (unpaired) electrons. The second-order valence-corrected chi connectivity index (χ2v) is 7.18. The van der Waals surface area contributed by atoms with E-state index in [1.54, 1.807) is 42.5 Å². The van der Waals surface area contributed by atoms with E-state index in [2.05, 4.69) is 26.5 Å². The van der Waals surface area contributed by atoms with Crippen molar-refractivity contribution in [2.24, 2.45) is 5.10 Å². The van der Waals surface area contributed by atoms with E-state index in [1.165, 1.54) is 13.3 Å². The van der Waals surface area contributed by atoms with Crippen molar-refractivity contribution in [3.05, 3.63) is 94.0 Å². The fourth-order valence-electron chi connectivity index (χ4n) is 2.59. The van der Waals surface area contributed by atoms with Gasteiger partial charge in [0, 0.05) is 4.47 Å². The average molecular weight is 467 g/mol. The monoisotopic (exact) mass is 466 g/mol. The van der Waals surface area contributed by atoms with Gasteiger partial charge in [-0.2, -0.15) is 5.10 Å². The van der Waals surface area contributed by atoms with E-state index >= 15 is 0 Å². The third kappa shape index (κ3) is 6.02. The van der Waals surface area contributed by atoms with Crippen molar-refractivity contribution in [1.29, 1.82) is 0 Å². The standard InChI is InChI=1S/C23H19BrN2O4/c1-29-21-13-17(15-25-26-22(27)14-16-5-3-2-4-6-16)7-12-20(21)30-23(28)18-8-10-19(24)11-9-18/h2-13,15H,14H2,1H3,(H,26,27)/b25-15+. The molecule has 0 aliphatic rings. The molecule has 0 unspecified atom stereocenters. The van der Waals surface area contributed by atoms with Crippen LogP contribution >= 0.6 is 15.9 Å². The molecule has 3 aromatic rings. The molecule has 0 fully saturated rings. The highest BCUT2D eigenvalue weighted by molar-refractivity contribution is 9.10. The van der Waals surface area contributed by atoms with Gasteiger partial charge in [0.2, 0.25) is 5.91 Å². The molecule has 6 nitrogen and oxygen atoms in total. The molecule has 0 saturated carbocycles. The minimum Gasteiger partial charge on any atom is -0.493 e. The maximum absolute atomic E-state index is 12.3. The van der Waals surface area contributed by atoms with Crippen LogP contribution in [0.15, 0.2) is 82.4 Å². The van der Waals surface area contributed by atoms with Crippen LogP contribution in [0.3, 0.4) is 0 Å². The zero-order chi connectivity index (χ0) is 21.3. The first kappa shape index (κ1) is 21.3. The average Bonchev–Trinajstić information content (AvgIpc) is 2.75. The Hall–Kier alpha value is -3.45. The SMILES string of the molecule is COc1cc(/C=N/NC(=O)Cc2ccccc2)ccc1OC(=O)c1ccc(Br)cc1. The number of hydrazone groups is 1. The quantitative estimate of drug-likeness (QED) is 0.242. The molecule has 0 spiro atoms. The van der Waals surface area contributed by atoms with Crippen molar-refractivity contribution in [2.75, 3.05) is 7.11 Å². The lowest BCUT2D eigenvalue weighted by atomic mass is 10.1. The Kier molecular flexibility index (Phi) is 7.34. The minimum atomic E-state index is -0.490. The molecule has 152 valence electrons. The van der Waals surface area contributed by atoms with Crippen molar-refractivity contribution < 1.29 is 19.1 Å². The van der Waals surface area contributed by atoms with Gasteiger partial charge in [-0.15, -0.1) is 0 Å². The number of methoxy groups -OCH3 is 1. The Labute approximate surface area is 182 Å². The number of ether oxygens (including phenoxy) is 2. The summed E-state index contributed by atoms with van der Waals surface area (Å²) in [4.78, 5) is 24.3. The Bertz CT molecular complexity index is 1050. The summed E-state index contributed by atoms with van der Waals surface area (Å²) in [6, 6.07) is 21.2. The van der Waals surface area contributed by atoms with Gasteiger partial charge in [-0.25, -0.2) is 10.2 Å². The molecule has 1 amide bonds. The number of nitrogens with zero attached hydrogens (tertiary/aromatic N) is 1. The van der Waals surface area contributed by atoms with Gasteiger partial charge in [0.15, 0.2) is 11.5 Å². The van der Waals surface area contributed by atoms with Crippen LogP contribution in [0.1, 0.15) is 21.5 Å². The third-order valence-electron chi connectivity index (χ3n) is 4.08. The van der Waals surface area contributed by atoms with Crippen LogP contribution in [0.2, 0.25) is 0 Å². The second-order valence-electron chi connectivity index (χ2n) is 6.26. The number of amides is 1. The van der Waals surface area contributed by atoms with E-state index in [-0.39, 0.29) is 18.1 Å². The first-order valence-corrected chi connectivity index (χ1v) is 9.86. The number of benzene rings is 3. The summed E-state index contributed by atoms with van der Waals surface area (Å²) >= 11 is 3.33. The molecule has 0 aliphatic heterocycles. The van der Waals surface area contributed by atoms with Crippen molar-refractivity contribution in [3.63, 3.8) is 0 Å². The normalized spacial score (nSPS) is 10.6. The molecule has 7 heteroatoms. The zero-order valence-electron chi connectivity index (χ0n) is 16.2. The predicted molar refractivity (Wildman–Crippen MR) is 118 cm³/mol. The predicted octanol–water partition coefficient (Wildman–Crippen LogP) is 4.37. The highest BCUT2D eigenvalue weighted by Crippen LogP contribution is 2.28. The van der Waals surface area contributed by atoms with Crippen LogP contribution < -0.4 is 14.9 Å². The highest BCUT2D eigenvalue weighted by atomic mass is 79.9. The number of rotatable bonds is 7. The summed E-state index contributed by atoms with van der Waals surface area (Å²) in [6.07, 6.45) is 1.73. The van der Waals surface area contributed by atoms with Crippen molar-refractivity contribution in [3.8, 4) is 11.5 Å². The minimum absolute atomic E-state index is 0.218. The number of nitrogens with one attached hydrogen (secondary N) is 1. The first-order chi connectivity index (χ1) is 14.5. The fourth-order valence-corrected chi connectivity index (χ4v) is 2.86. The molecule has 0 saturated heterocycles. The molecule has 0 heterocycles. The van der Waals surface area contributed by atoms with Gasteiger partial charge in [-0.05, 0) is 53.6 Å². The van der Waals surface area contributed by atoms with Crippen molar-refractivity contribution in [2.45, 2.75) is 6.42 Å². The summed E-state index contributed by atoms with van der Waals surface area (Å²) in [5.74, 6) is -0.0458. The first-order valence-electron chi connectivity index (χ1n) is 9.07. The number of esters is 1. The molecule has 0 aromatic heterocycles. The Morgan fingerprint density at radius 3 is 2.43 bits per heavy atom. The van der Waals surface area contributed by atoms with Crippen molar-refractivity contribution >= 4 is 34.0 Å². The number of carbonyl (C=O) groups is 2. The number of hydrogen-bond donors (Lipinski definition) is 1. The molecule has 0 atom stereocenters. The van der Waals surface area contributed by atoms with Crippen LogP contribution in [0.5, 0.6) is 11.5 Å². The second kappa shape index (κ2) is 10.4. The van der Waals surface area contributed by atoms with Gasteiger partial charge in [0.05, 0.1) is 25.3 Å². The van der Waals surface area contributed by atoms with Crippen LogP contribution in [0.25, 0.3) is 0 Å². The van der Waals surface area contributed by atoms with Crippen LogP contribution in [0.4, 0.5) is 0 Å². The van der Waals surface area contributed by atoms with Gasteiger partial charge in [0.25, 0.3) is 0 Å².